The van der Waals surface area contributed by atoms with E-state index in [1.54, 1.807) is 6.92 Å². The van der Waals surface area contributed by atoms with Crippen LogP contribution in [0.2, 0.25) is 0 Å². The molecular weight excluding hydrogens is 218 g/mol. The molecule has 0 aliphatic carbocycles. The smallest absolute Gasteiger partial charge is 0.344 e. The van der Waals surface area contributed by atoms with Crippen LogP contribution < -0.4 is 0 Å². The Bertz CT molecular complexity index is 369. The minimum atomic E-state index is -1.03. The number of oxime groups is 1. The van der Waals surface area contributed by atoms with Crippen molar-refractivity contribution in [3.8, 4) is 0 Å². The zero-order valence-corrected chi connectivity index (χ0v) is 10.7. The number of hydrogen-bond acceptors (Lipinski definition) is 3. The fraction of sp³-hybridized carbons (Fsp3) is 0.385. The minimum absolute atomic E-state index is 0.413. The minimum Gasteiger partial charge on any atom is -0.479 e. The molecule has 0 aliphatic heterocycles. The molecule has 0 radical (unpaired) electrons. The molecule has 94 valence electrons. The standard InChI is InChI=1S/C11H13NO3.C2H6/c1-8-3-5-10(6-4-8)9(2)12-15-7-11(13)14;1-2/h3-6H,7H2,1-2H3,(H,13,14);1-2H3/b12-9+;. The second-order valence-electron chi connectivity index (χ2n) is 3.21. The average molecular weight is 237 g/mol. The van der Waals surface area contributed by atoms with E-state index in [2.05, 4.69) is 9.99 Å². The molecule has 0 saturated carbocycles. The fourth-order valence-electron chi connectivity index (χ4n) is 1.03. The molecule has 1 N–H and O–H groups in total. The topological polar surface area (TPSA) is 58.9 Å². The number of rotatable bonds is 4. The van der Waals surface area contributed by atoms with Crippen molar-refractivity contribution in [3.05, 3.63) is 35.4 Å². The monoisotopic (exact) mass is 237 g/mol. The van der Waals surface area contributed by atoms with Gasteiger partial charge in [0.25, 0.3) is 0 Å². The van der Waals surface area contributed by atoms with E-state index in [1.807, 2.05) is 45.0 Å². The van der Waals surface area contributed by atoms with Gasteiger partial charge in [0.1, 0.15) is 0 Å². The Labute approximate surface area is 102 Å². The van der Waals surface area contributed by atoms with Gasteiger partial charge in [0.15, 0.2) is 0 Å². The second-order valence-corrected chi connectivity index (χ2v) is 3.21. The molecule has 0 atom stereocenters. The number of nitrogens with zero attached hydrogens (tertiary/aromatic N) is 1. The maximum Gasteiger partial charge on any atom is 0.344 e. The van der Waals surface area contributed by atoms with Gasteiger partial charge in [-0.25, -0.2) is 4.79 Å². The van der Waals surface area contributed by atoms with Crippen molar-refractivity contribution >= 4 is 11.7 Å². The Hall–Kier alpha value is -1.84. The van der Waals surface area contributed by atoms with Gasteiger partial charge in [0.05, 0.1) is 5.71 Å². The van der Waals surface area contributed by atoms with Gasteiger partial charge < -0.3 is 9.94 Å². The Morgan fingerprint density at radius 2 is 1.82 bits per heavy atom. The second kappa shape index (κ2) is 8.33. The van der Waals surface area contributed by atoms with Crippen LogP contribution in [-0.4, -0.2) is 23.4 Å². The summed E-state index contributed by atoms with van der Waals surface area (Å²) in [5.74, 6) is -1.03. The lowest BCUT2D eigenvalue weighted by Crippen LogP contribution is -2.05. The molecule has 0 unspecified atom stereocenters. The van der Waals surface area contributed by atoms with Crippen LogP contribution in [0.25, 0.3) is 0 Å². The number of aryl methyl sites for hydroxylation is 1. The highest BCUT2D eigenvalue weighted by Crippen LogP contribution is 2.04. The third-order valence-electron chi connectivity index (χ3n) is 1.86. The van der Waals surface area contributed by atoms with Gasteiger partial charge >= 0.3 is 5.97 Å². The van der Waals surface area contributed by atoms with E-state index < -0.39 is 12.6 Å². The van der Waals surface area contributed by atoms with E-state index >= 15 is 0 Å². The highest BCUT2D eigenvalue weighted by molar-refractivity contribution is 5.98. The number of carboxylic acid groups (broad SMARTS) is 1. The molecular formula is C13H19NO3. The summed E-state index contributed by atoms with van der Waals surface area (Å²) in [6.45, 7) is 7.35. The maximum absolute atomic E-state index is 10.2. The summed E-state index contributed by atoms with van der Waals surface area (Å²) in [6.07, 6.45) is 0. The largest absolute Gasteiger partial charge is 0.479 e. The molecule has 0 amide bonds. The molecule has 0 aromatic heterocycles. The van der Waals surface area contributed by atoms with Gasteiger partial charge in [0, 0.05) is 0 Å². The van der Waals surface area contributed by atoms with E-state index in [9.17, 15) is 4.79 Å². The molecule has 0 fully saturated rings. The van der Waals surface area contributed by atoms with Crippen molar-refractivity contribution in [2.45, 2.75) is 27.7 Å². The van der Waals surface area contributed by atoms with Gasteiger partial charge in [-0.1, -0.05) is 48.8 Å². The summed E-state index contributed by atoms with van der Waals surface area (Å²) in [6, 6.07) is 7.76. The normalized spacial score (nSPS) is 10.2. The first-order valence-electron chi connectivity index (χ1n) is 5.55. The molecule has 0 saturated heterocycles. The van der Waals surface area contributed by atoms with Crippen LogP contribution in [0, 0.1) is 6.92 Å². The van der Waals surface area contributed by atoms with Crippen molar-refractivity contribution < 1.29 is 14.7 Å². The van der Waals surface area contributed by atoms with E-state index in [0.717, 1.165) is 11.1 Å². The third kappa shape index (κ3) is 6.35. The molecule has 17 heavy (non-hydrogen) atoms. The summed E-state index contributed by atoms with van der Waals surface area (Å²) in [5, 5.41) is 12.0. The quantitative estimate of drug-likeness (QED) is 0.647. The van der Waals surface area contributed by atoms with Crippen LogP contribution >= 0.6 is 0 Å². The average Bonchev–Trinajstić information content (AvgIpc) is 2.32. The van der Waals surface area contributed by atoms with Gasteiger partial charge in [-0.05, 0) is 19.4 Å². The van der Waals surface area contributed by atoms with Crippen LogP contribution in [0.5, 0.6) is 0 Å². The van der Waals surface area contributed by atoms with Gasteiger partial charge in [-0.15, -0.1) is 0 Å². The van der Waals surface area contributed by atoms with E-state index in [4.69, 9.17) is 5.11 Å². The van der Waals surface area contributed by atoms with Crippen LogP contribution in [0.15, 0.2) is 29.4 Å². The maximum atomic E-state index is 10.2. The number of benzene rings is 1. The molecule has 1 aromatic rings. The SMILES string of the molecule is C/C(=N\OCC(=O)O)c1ccc(C)cc1.CC. The molecule has 4 nitrogen and oxygen atoms in total. The van der Waals surface area contributed by atoms with Gasteiger partial charge in [-0.3, -0.25) is 0 Å². The lowest BCUT2D eigenvalue weighted by molar-refractivity contribution is -0.142. The molecule has 1 rings (SSSR count). The lowest BCUT2D eigenvalue weighted by Gasteiger charge is -2.01. The van der Waals surface area contributed by atoms with E-state index in [1.165, 1.54) is 0 Å². The molecule has 1 aromatic carbocycles. The highest BCUT2D eigenvalue weighted by Gasteiger charge is 1.99. The Balaban J connectivity index is 0.00000121. The predicted molar refractivity (Wildman–Crippen MR) is 68.3 cm³/mol. The zero-order valence-electron chi connectivity index (χ0n) is 10.7. The van der Waals surface area contributed by atoms with Crippen molar-refractivity contribution in [1.82, 2.24) is 0 Å². The predicted octanol–water partition coefficient (Wildman–Crippen LogP) is 2.85. The molecule has 0 spiro atoms. The zero-order chi connectivity index (χ0) is 13.3. The van der Waals surface area contributed by atoms with Gasteiger partial charge in [-0.2, -0.15) is 0 Å². The Morgan fingerprint density at radius 1 is 1.29 bits per heavy atom. The first kappa shape index (κ1) is 15.2. The number of carbonyl (C=O) groups is 1. The third-order valence-corrected chi connectivity index (χ3v) is 1.86. The Morgan fingerprint density at radius 3 is 2.29 bits per heavy atom. The first-order valence-corrected chi connectivity index (χ1v) is 5.55. The molecule has 0 bridgehead atoms. The number of aliphatic carboxylic acids is 1. The number of hydrogen-bond donors (Lipinski definition) is 1. The fourth-order valence-corrected chi connectivity index (χ4v) is 1.03. The van der Waals surface area contributed by atoms with Crippen molar-refractivity contribution in [2.75, 3.05) is 6.61 Å². The molecule has 0 heterocycles. The van der Waals surface area contributed by atoms with Crippen LogP contribution in [0.3, 0.4) is 0 Å². The van der Waals surface area contributed by atoms with E-state index in [0.29, 0.717) is 5.71 Å². The lowest BCUT2D eigenvalue weighted by atomic mass is 10.1. The summed E-state index contributed by atoms with van der Waals surface area (Å²) >= 11 is 0. The summed E-state index contributed by atoms with van der Waals surface area (Å²) in [4.78, 5) is 14.8. The summed E-state index contributed by atoms with van der Waals surface area (Å²) in [7, 11) is 0. The van der Waals surface area contributed by atoms with Crippen LogP contribution in [0.4, 0.5) is 0 Å². The Kier molecular flexibility index (Phi) is 7.43. The number of carboxylic acids is 1. The van der Waals surface area contributed by atoms with Crippen molar-refractivity contribution in [1.29, 1.82) is 0 Å². The summed E-state index contributed by atoms with van der Waals surface area (Å²) in [5.41, 5.74) is 2.75. The highest BCUT2D eigenvalue weighted by atomic mass is 16.6. The van der Waals surface area contributed by atoms with Crippen molar-refractivity contribution in [3.63, 3.8) is 0 Å². The van der Waals surface area contributed by atoms with Crippen LogP contribution in [-0.2, 0) is 9.63 Å². The molecule has 4 heteroatoms. The van der Waals surface area contributed by atoms with Crippen molar-refractivity contribution in [2.24, 2.45) is 5.16 Å². The molecule has 0 aliphatic rings. The van der Waals surface area contributed by atoms with Gasteiger partial charge in [0.2, 0.25) is 6.61 Å². The first-order chi connectivity index (χ1) is 8.09. The van der Waals surface area contributed by atoms with Crippen LogP contribution in [0.1, 0.15) is 31.9 Å². The van der Waals surface area contributed by atoms with E-state index in [-0.39, 0.29) is 0 Å². The summed E-state index contributed by atoms with van der Waals surface area (Å²) < 4.78 is 0.